The maximum atomic E-state index is 12.2. The third kappa shape index (κ3) is 3.46. The van der Waals surface area contributed by atoms with Crippen molar-refractivity contribution in [2.24, 2.45) is 0 Å². The zero-order valence-corrected chi connectivity index (χ0v) is 11.9. The highest BCUT2D eigenvalue weighted by Crippen LogP contribution is 2.22. The third-order valence-electron chi connectivity index (χ3n) is 3.19. The number of carbonyl (C=O) groups excluding carboxylic acids is 1. The van der Waals surface area contributed by atoms with E-state index in [1.165, 1.54) is 0 Å². The van der Waals surface area contributed by atoms with E-state index in [1.54, 1.807) is 24.3 Å². The van der Waals surface area contributed by atoms with Gasteiger partial charge in [-0.3, -0.25) is 4.79 Å². The number of hydrogen-bond donors (Lipinski definition) is 0. The molecule has 1 atom stereocenters. The standard InChI is InChI=1S/C17H14ClNO/c1-12-2-4-13(5-3-12)15(11-19)10-17(20)14-6-8-16(18)9-7-14/h2-9,15H,10H2,1H3. The van der Waals surface area contributed by atoms with E-state index >= 15 is 0 Å². The average Bonchev–Trinajstić information content (AvgIpc) is 2.46. The molecule has 0 N–H and O–H groups in total. The largest absolute Gasteiger partial charge is 0.294 e. The average molecular weight is 284 g/mol. The summed E-state index contributed by atoms with van der Waals surface area (Å²) in [5.41, 5.74) is 2.59. The molecule has 0 aliphatic rings. The second-order valence-electron chi connectivity index (χ2n) is 4.73. The van der Waals surface area contributed by atoms with Crippen LogP contribution in [0.25, 0.3) is 0 Å². The van der Waals surface area contributed by atoms with Crippen LogP contribution in [0.1, 0.15) is 33.8 Å². The maximum absolute atomic E-state index is 12.2. The van der Waals surface area contributed by atoms with E-state index in [0.29, 0.717) is 10.6 Å². The molecule has 2 nitrogen and oxygen atoms in total. The lowest BCUT2D eigenvalue weighted by molar-refractivity contribution is 0.0979. The van der Waals surface area contributed by atoms with Gasteiger partial charge in [-0.25, -0.2) is 0 Å². The molecule has 1 unspecified atom stereocenters. The summed E-state index contributed by atoms with van der Waals surface area (Å²) in [6.07, 6.45) is 0.182. The van der Waals surface area contributed by atoms with Gasteiger partial charge in [0.2, 0.25) is 0 Å². The number of Topliss-reactive ketones (excluding diaryl/α,β-unsaturated/α-hetero) is 1. The van der Waals surface area contributed by atoms with Gasteiger partial charge < -0.3 is 0 Å². The number of halogens is 1. The van der Waals surface area contributed by atoms with Crippen LogP contribution in [0.3, 0.4) is 0 Å². The summed E-state index contributed by atoms with van der Waals surface area (Å²) in [5.74, 6) is -0.465. The predicted octanol–water partition coefficient (Wildman–Crippen LogP) is 4.53. The van der Waals surface area contributed by atoms with E-state index in [4.69, 9.17) is 11.6 Å². The monoisotopic (exact) mass is 283 g/mol. The number of aryl methyl sites for hydroxylation is 1. The van der Waals surface area contributed by atoms with Gasteiger partial charge in [0.25, 0.3) is 0 Å². The zero-order chi connectivity index (χ0) is 14.5. The number of ketones is 1. The highest BCUT2D eigenvalue weighted by atomic mass is 35.5. The molecule has 0 fully saturated rings. The number of hydrogen-bond acceptors (Lipinski definition) is 2. The minimum absolute atomic E-state index is 0.0474. The molecule has 0 aliphatic carbocycles. The van der Waals surface area contributed by atoms with Crippen molar-refractivity contribution in [3.05, 3.63) is 70.2 Å². The Labute approximate surface area is 123 Å². The van der Waals surface area contributed by atoms with E-state index in [1.807, 2.05) is 31.2 Å². The Morgan fingerprint density at radius 2 is 1.75 bits per heavy atom. The molecule has 0 amide bonds. The fourth-order valence-electron chi connectivity index (χ4n) is 1.98. The molecule has 2 rings (SSSR count). The van der Waals surface area contributed by atoms with Gasteiger partial charge in [0.1, 0.15) is 0 Å². The molecule has 20 heavy (non-hydrogen) atoms. The topological polar surface area (TPSA) is 40.9 Å². The lowest BCUT2D eigenvalue weighted by Crippen LogP contribution is -2.06. The summed E-state index contributed by atoms with van der Waals surface area (Å²) < 4.78 is 0. The summed E-state index contributed by atoms with van der Waals surface area (Å²) in [5, 5.41) is 9.86. The molecular weight excluding hydrogens is 270 g/mol. The van der Waals surface area contributed by atoms with Crippen molar-refractivity contribution in [3.8, 4) is 6.07 Å². The van der Waals surface area contributed by atoms with Gasteiger partial charge in [-0.1, -0.05) is 41.4 Å². The van der Waals surface area contributed by atoms with Gasteiger partial charge in [-0.2, -0.15) is 5.26 Å². The van der Waals surface area contributed by atoms with Crippen LogP contribution in [0, 0.1) is 18.3 Å². The van der Waals surface area contributed by atoms with Crippen molar-refractivity contribution in [2.45, 2.75) is 19.3 Å². The van der Waals surface area contributed by atoms with Crippen molar-refractivity contribution in [2.75, 3.05) is 0 Å². The Bertz CT molecular complexity index is 638. The van der Waals surface area contributed by atoms with Gasteiger partial charge in [-0.15, -0.1) is 0 Å². The molecule has 2 aromatic carbocycles. The smallest absolute Gasteiger partial charge is 0.164 e. The van der Waals surface area contributed by atoms with Crippen LogP contribution >= 0.6 is 11.6 Å². The van der Waals surface area contributed by atoms with Gasteiger partial charge in [-0.05, 0) is 36.8 Å². The first-order chi connectivity index (χ1) is 9.60. The molecule has 0 heterocycles. The van der Waals surface area contributed by atoms with Crippen LogP contribution in [0.15, 0.2) is 48.5 Å². The molecule has 0 spiro atoms. The molecule has 3 heteroatoms. The Morgan fingerprint density at radius 3 is 2.30 bits per heavy atom. The van der Waals surface area contributed by atoms with E-state index in [0.717, 1.165) is 11.1 Å². The van der Waals surface area contributed by atoms with Gasteiger partial charge >= 0.3 is 0 Å². The lowest BCUT2D eigenvalue weighted by Gasteiger charge is -2.09. The van der Waals surface area contributed by atoms with Crippen LogP contribution in [-0.4, -0.2) is 5.78 Å². The van der Waals surface area contributed by atoms with Crippen molar-refractivity contribution in [1.29, 1.82) is 5.26 Å². The normalized spacial score (nSPS) is 11.7. The first kappa shape index (κ1) is 14.3. The van der Waals surface area contributed by atoms with Crippen LogP contribution in [0.2, 0.25) is 5.02 Å². The Morgan fingerprint density at radius 1 is 1.15 bits per heavy atom. The number of carbonyl (C=O) groups is 1. The van der Waals surface area contributed by atoms with E-state index in [9.17, 15) is 10.1 Å². The highest BCUT2D eigenvalue weighted by Gasteiger charge is 2.16. The van der Waals surface area contributed by atoms with Crippen molar-refractivity contribution in [1.82, 2.24) is 0 Å². The predicted molar refractivity (Wildman–Crippen MR) is 79.9 cm³/mol. The molecule has 0 saturated heterocycles. The third-order valence-corrected chi connectivity index (χ3v) is 3.44. The van der Waals surface area contributed by atoms with Gasteiger partial charge in [0, 0.05) is 17.0 Å². The van der Waals surface area contributed by atoms with E-state index in [-0.39, 0.29) is 12.2 Å². The quantitative estimate of drug-likeness (QED) is 0.774. The van der Waals surface area contributed by atoms with Crippen LogP contribution in [0.5, 0.6) is 0 Å². The fourth-order valence-corrected chi connectivity index (χ4v) is 2.10. The van der Waals surface area contributed by atoms with Crippen LogP contribution in [0.4, 0.5) is 0 Å². The first-order valence-corrected chi connectivity index (χ1v) is 6.73. The van der Waals surface area contributed by atoms with Crippen molar-refractivity contribution in [3.63, 3.8) is 0 Å². The molecule has 0 radical (unpaired) electrons. The summed E-state index contributed by atoms with van der Waals surface area (Å²) >= 11 is 5.80. The first-order valence-electron chi connectivity index (χ1n) is 6.35. The lowest BCUT2D eigenvalue weighted by atomic mass is 9.92. The van der Waals surface area contributed by atoms with Crippen molar-refractivity contribution >= 4 is 17.4 Å². The second-order valence-corrected chi connectivity index (χ2v) is 5.16. The minimum Gasteiger partial charge on any atom is -0.294 e. The van der Waals surface area contributed by atoms with Crippen molar-refractivity contribution < 1.29 is 4.79 Å². The summed E-state index contributed by atoms with van der Waals surface area (Å²) in [6, 6.07) is 16.6. The molecule has 0 bridgehead atoms. The molecule has 2 aromatic rings. The Balaban J connectivity index is 2.14. The molecule has 0 aromatic heterocycles. The minimum atomic E-state index is -0.418. The number of benzene rings is 2. The SMILES string of the molecule is Cc1ccc(C(C#N)CC(=O)c2ccc(Cl)cc2)cc1. The van der Waals surface area contributed by atoms with Gasteiger partial charge in [0.15, 0.2) is 5.78 Å². The molecule has 100 valence electrons. The molecule has 0 saturated carbocycles. The maximum Gasteiger partial charge on any atom is 0.164 e. The molecular formula is C17H14ClNO. The van der Waals surface area contributed by atoms with E-state index in [2.05, 4.69) is 6.07 Å². The summed E-state index contributed by atoms with van der Waals surface area (Å²) in [4.78, 5) is 12.2. The zero-order valence-electron chi connectivity index (χ0n) is 11.1. The summed E-state index contributed by atoms with van der Waals surface area (Å²) in [7, 11) is 0. The summed E-state index contributed by atoms with van der Waals surface area (Å²) in [6.45, 7) is 1.99. The fraction of sp³-hybridized carbons (Fsp3) is 0.176. The van der Waals surface area contributed by atoms with Crippen LogP contribution in [-0.2, 0) is 0 Å². The van der Waals surface area contributed by atoms with Gasteiger partial charge in [0.05, 0.1) is 12.0 Å². The Kier molecular flexibility index (Phi) is 4.55. The number of nitriles is 1. The van der Waals surface area contributed by atoms with E-state index < -0.39 is 5.92 Å². The van der Waals surface area contributed by atoms with Crippen LogP contribution < -0.4 is 0 Å². The Hall–Kier alpha value is -2.11. The second kappa shape index (κ2) is 6.36. The molecule has 0 aliphatic heterocycles. The number of rotatable bonds is 4. The number of nitrogens with zero attached hydrogens (tertiary/aromatic N) is 1. The highest BCUT2D eigenvalue weighted by molar-refractivity contribution is 6.30.